The molecule has 4 aromatic rings. The molecule has 4 rings (SSSR count). The lowest BCUT2D eigenvalue weighted by Gasteiger charge is -2.03. The molecule has 0 aliphatic rings. The monoisotopic (exact) mass is 323 g/mol. The predicted octanol–water partition coefficient (Wildman–Crippen LogP) is 5.29. The molecule has 3 heteroatoms. The zero-order chi connectivity index (χ0) is 16.9. The molecule has 1 aromatic heterocycles. The minimum atomic E-state index is 0.921. The minimum Gasteiger partial charge on any atom is -0.255 e. The molecule has 0 saturated carbocycles. The van der Waals surface area contributed by atoms with Gasteiger partial charge >= 0.3 is 0 Å². The molecule has 0 amide bonds. The molecule has 1 heterocycles. The zero-order valence-electron chi connectivity index (χ0n) is 13.7. The van der Waals surface area contributed by atoms with E-state index in [0.717, 1.165) is 28.3 Å². The van der Waals surface area contributed by atoms with Gasteiger partial charge in [-0.3, -0.25) is 4.99 Å². The molecule has 25 heavy (non-hydrogen) atoms. The molecular formula is C22H17N3. The fourth-order valence-corrected chi connectivity index (χ4v) is 2.67. The number of aliphatic imine (C=N–C) groups is 1. The Bertz CT molecular complexity index is 972. The quantitative estimate of drug-likeness (QED) is 0.469. The minimum absolute atomic E-state index is 0.921. The van der Waals surface area contributed by atoms with Crippen LogP contribution in [0.5, 0.6) is 0 Å². The summed E-state index contributed by atoms with van der Waals surface area (Å²) in [5, 5.41) is 4.79. The second-order valence-electron chi connectivity index (χ2n) is 5.66. The second kappa shape index (κ2) is 6.97. The Labute approximate surface area is 146 Å². The molecule has 0 unspecified atom stereocenters. The smallest absolute Gasteiger partial charge is 0.0934 e. The first kappa shape index (κ1) is 15.1. The Kier molecular flexibility index (Phi) is 4.21. The highest BCUT2D eigenvalue weighted by Gasteiger charge is 2.09. The van der Waals surface area contributed by atoms with Gasteiger partial charge in [0.2, 0.25) is 0 Å². The molecule has 0 atom stereocenters. The van der Waals surface area contributed by atoms with Crippen molar-refractivity contribution >= 4 is 11.9 Å². The van der Waals surface area contributed by atoms with Gasteiger partial charge in [0.25, 0.3) is 0 Å². The van der Waals surface area contributed by atoms with Crippen LogP contribution in [0.4, 0.5) is 5.69 Å². The van der Waals surface area contributed by atoms with E-state index in [9.17, 15) is 0 Å². The van der Waals surface area contributed by atoms with Crippen LogP contribution in [0.1, 0.15) is 5.69 Å². The van der Waals surface area contributed by atoms with Crippen molar-refractivity contribution in [1.82, 2.24) is 9.78 Å². The van der Waals surface area contributed by atoms with Crippen molar-refractivity contribution in [2.45, 2.75) is 0 Å². The lowest BCUT2D eigenvalue weighted by molar-refractivity contribution is 0.877. The lowest BCUT2D eigenvalue weighted by atomic mass is 10.1. The number of para-hydroxylation sites is 2. The maximum atomic E-state index is 4.79. The molecule has 3 aromatic carbocycles. The molecule has 0 spiro atoms. The molecular weight excluding hydrogens is 306 g/mol. The summed E-state index contributed by atoms with van der Waals surface area (Å²) in [5.41, 5.74) is 4.89. The van der Waals surface area contributed by atoms with Gasteiger partial charge in [0, 0.05) is 5.56 Å². The van der Waals surface area contributed by atoms with Crippen molar-refractivity contribution in [3.05, 3.63) is 103 Å². The first-order valence-electron chi connectivity index (χ1n) is 8.20. The molecule has 0 radical (unpaired) electrons. The summed E-state index contributed by atoms with van der Waals surface area (Å²) in [5.74, 6) is 0. The average Bonchev–Trinajstić information content (AvgIpc) is 3.13. The Morgan fingerprint density at radius 3 is 2.00 bits per heavy atom. The van der Waals surface area contributed by atoms with Crippen molar-refractivity contribution in [2.75, 3.05) is 0 Å². The summed E-state index contributed by atoms with van der Waals surface area (Å²) in [4.78, 5) is 4.58. The number of benzene rings is 3. The van der Waals surface area contributed by atoms with E-state index in [1.54, 1.807) is 0 Å². The number of aromatic nitrogens is 2. The zero-order valence-corrected chi connectivity index (χ0v) is 13.7. The third-order valence-corrected chi connectivity index (χ3v) is 3.91. The Balaban J connectivity index is 1.78. The van der Waals surface area contributed by atoms with Gasteiger partial charge in [0.05, 0.1) is 29.0 Å². The van der Waals surface area contributed by atoms with Gasteiger partial charge in [0.1, 0.15) is 0 Å². The maximum Gasteiger partial charge on any atom is 0.0934 e. The number of hydrogen-bond donors (Lipinski definition) is 0. The topological polar surface area (TPSA) is 30.2 Å². The number of nitrogens with zero attached hydrogens (tertiary/aromatic N) is 3. The third-order valence-electron chi connectivity index (χ3n) is 3.91. The highest BCUT2D eigenvalue weighted by atomic mass is 15.3. The predicted molar refractivity (Wildman–Crippen MR) is 103 cm³/mol. The summed E-state index contributed by atoms with van der Waals surface area (Å²) >= 11 is 0. The standard InChI is InChI=1S/C22H17N3/c1-4-10-18(11-5-1)22-16-21(17-23-19-12-6-2-7-13-19)25(24-22)20-14-8-3-9-15-20/h1-17H. The van der Waals surface area contributed by atoms with Gasteiger partial charge in [-0.25, -0.2) is 4.68 Å². The van der Waals surface area contributed by atoms with Crippen LogP contribution >= 0.6 is 0 Å². The number of hydrogen-bond acceptors (Lipinski definition) is 2. The maximum absolute atomic E-state index is 4.79. The normalized spacial score (nSPS) is 11.0. The van der Waals surface area contributed by atoms with E-state index < -0.39 is 0 Å². The van der Waals surface area contributed by atoms with E-state index in [1.807, 2.05) is 89.8 Å². The van der Waals surface area contributed by atoms with Crippen LogP contribution in [0.15, 0.2) is 102 Å². The van der Waals surface area contributed by atoms with Gasteiger partial charge in [-0.15, -0.1) is 0 Å². The van der Waals surface area contributed by atoms with Crippen molar-refractivity contribution < 1.29 is 0 Å². The van der Waals surface area contributed by atoms with Gasteiger partial charge < -0.3 is 0 Å². The van der Waals surface area contributed by atoms with Crippen LogP contribution in [0.25, 0.3) is 16.9 Å². The SMILES string of the molecule is C(=Nc1ccccc1)c1cc(-c2ccccc2)nn1-c1ccccc1. The average molecular weight is 323 g/mol. The molecule has 0 saturated heterocycles. The van der Waals surface area contributed by atoms with E-state index in [0.29, 0.717) is 0 Å². The second-order valence-corrected chi connectivity index (χ2v) is 5.66. The van der Waals surface area contributed by atoms with Crippen LogP contribution in [0.2, 0.25) is 0 Å². The Morgan fingerprint density at radius 2 is 1.32 bits per heavy atom. The Morgan fingerprint density at radius 1 is 0.720 bits per heavy atom. The summed E-state index contributed by atoms with van der Waals surface area (Å²) in [7, 11) is 0. The molecule has 0 bridgehead atoms. The number of rotatable bonds is 4. The van der Waals surface area contributed by atoms with Gasteiger partial charge in [-0.2, -0.15) is 5.10 Å². The van der Waals surface area contributed by atoms with Crippen LogP contribution in [-0.2, 0) is 0 Å². The van der Waals surface area contributed by atoms with E-state index in [-0.39, 0.29) is 0 Å². The van der Waals surface area contributed by atoms with Crippen LogP contribution in [0, 0.1) is 0 Å². The fourth-order valence-electron chi connectivity index (χ4n) is 2.67. The fraction of sp³-hybridized carbons (Fsp3) is 0. The van der Waals surface area contributed by atoms with Gasteiger partial charge in [-0.05, 0) is 30.3 Å². The molecule has 0 N–H and O–H groups in total. The largest absolute Gasteiger partial charge is 0.255 e. The van der Waals surface area contributed by atoms with E-state index in [2.05, 4.69) is 23.2 Å². The van der Waals surface area contributed by atoms with E-state index in [4.69, 9.17) is 5.10 Å². The van der Waals surface area contributed by atoms with Crippen LogP contribution in [-0.4, -0.2) is 16.0 Å². The van der Waals surface area contributed by atoms with Crippen LogP contribution < -0.4 is 0 Å². The summed E-state index contributed by atoms with van der Waals surface area (Å²) in [6, 6.07) is 32.3. The van der Waals surface area contributed by atoms with Crippen LogP contribution in [0.3, 0.4) is 0 Å². The highest BCUT2D eigenvalue weighted by Crippen LogP contribution is 2.21. The molecule has 0 aliphatic heterocycles. The van der Waals surface area contributed by atoms with E-state index in [1.165, 1.54) is 0 Å². The first-order valence-corrected chi connectivity index (χ1v) is 8.20. The summed E-state index contributed by atoms with van der Waals surface area (Å²) in [6.45, 7) is 0. The van der Waals surface area contributed by atoms with Gasteiger partial charge in [0.15, 0.2) is 0 Å². The third kappa shape index (κ3) is 3.40. The van der Waals surface area contributed by atoms with Crippen molar-refractivity contribution in [3.63, 3.8) is 0 Å². The lowest BCUT2D eigenvalue weighted by Crippen LogP contribution is -2.01. The highest BCUT2D eigenvalue weighted by molar-refractivity contribution is 5.83. The Hall–Kier alpha value is -3.46. The first-order chi connectivity index (χ1) is 12.4. The molecule has 0 aliphatic carbocycles. The summed E-state index contributed by atoms with van der Waals surface area (Å²) < 4.78 is 1.93. The molecule has 3 nitrogen and oxygen atoms in total. The summed E-state index contributed by atoms with van der Waals surface area (Å²) in [6.07, 6.45) is 1.86. The van der Waals surface area contributed by atoms with Gasteiger partial charge in [-0.1, -0.05) is 66.7 Å². The van der Waals surface area contributed by atoms with Crippen molar-refractivity contribution in [1.29, 1.82) is 0 Å². The molecule has 0 fully saturated rings. The van der Waals surface area contributed by atoms with Crippen molar-refractivity contribution in [2.24, 2.45) is 4.99 Å². The van der Waals surface area contributed by atoms with E-state index >= 15 is 0 Å². The van der Waals surface area contributed by atoms with Crippen molar-refractivity contribution in [3.8, 4) is 16.9 Å². The molecule has 120 valence electrons.